The molecule has 100 valence electrons. The van der Waals surface area contributed by atoms with Gasteiger partial charge in [-0.3, -0.25) is 0 Å². The molecule has 19 heavy (non-hydrogen) atoms. The molecule has 0 saturated heterocycles. The van der Waals surface area contributed by atoms with Crippen molar-refractivity contribution < 1.29 is 14.6 Å². The Labute approximate surface area is 110 Å². The third-order valence-corrected chi connectivity index (χ3v) is 3.49. The number of ether oxygens (including phenoxy) is 1. The van der Waals surface area contributed by atoms with Gasteiger partial charge >= 0.3 is 5.97 Å². The zero-order chi connectivity index (χ0) is 13.4. The molecule has 0 unspecified atom stereocenters. The summed E-state index contributed by atoms with van der Waals surface area (Å²) in [6.07, 6.45) is 2.34. The number of imidazole rings is 1. The molecule has 1 aromatic heterocycles. The quantitative estimate of drug-likeness (QED) is 0.895. The minimum atomic E-state index is -0.908. The molecule has 1 aliphatic carbocycles. The van der Waals surface area contributed by atoms with Crippen LogP contribution in [0.2, 0.25) is 0 Å². The van der Waals surface area contributed by atoms with Gasteiger partial charge in [0.2, 0.25) is 0 Å². The first-order valence-corrected chi connectivity index (χ1v) is 6.43. The van der Waals surface area contributed by atoms with E-state index in [9.17, 15) is 4.79 Å². The van der Waals surface area contributed by atoms with Crippen molar-refractivity contribution in [1.29, 1.82) is 0 Å². The maximum Gasteiger partial charge on any atom is 0.335 e. The number of benzene rings is 1. The highest BCUT2D eigenvalue weighted by Crippen LogP contribution is 2.40. The van der Waals surface area contributed by atoms with Crippen molar-refractivity contribution in [3.63, 3.8) is 0 Å². The second-order valence-corrected chi connectivity index (χ2v) is 4.90. The van der Waals surface area contributed by atoms with Crippen molar-refractivity contribution in [3.05, 3.63) is 29.6 Å². The number of rotatable bonds is 5. The van der Waals surface area contributed by atoms with E-state index in [0.29, 0.717) is 24.6 Å². The number of carboxylic acids is 1. The number of methoxy groups -OCH3 is 1. The molecule has 5 nitrogen and oxygen atoms in total. The molecule has 0 atom stereocenters. The smallest absolute Gasteiger partial charge is 0.335 e. The molecule has 0 spiro atoms. The van der Waals surface area contributed by atoms with Gasteiger partial charge in [-0.05, 0) is 31.0 Å². The van der Waals surface area contributed by atoms with E-state index in [1.165, 1.54) is 12.8 Å². The fourth-order valence-electron chi connectivity index (χ4n) is 2.35. The van der Waals surface area contributed by atoms with Crippen LogP contribution in [0.25, 0.3) is 11.0 Å². The topological polar surface area (TPSA) is 64.4 Å². The molecule has 0 aliphatic heterocycles. The van der Waals surface area contributed by atoms with Crippen LogP contribution in [0.5, 0.6) is 0 Å². The van der Waals surface area contributed by atoms with Crippen LogP contribution in [-0.4, -0.2) is 34.3 Å². The van der Waals surface area contributed by atoms with Gasteiger partial charge < -0.3 is 14.4 Å². The Kier molecular flexibility index (Phi) is 2.98. The van der Waals surface area contributed by atoms with Gasteiger partial charge in [-0.2, -0.15) is 0 Å². The normalized spacial score (nSPS) is 15.0. The van der Waals surface area contributed by atoms with E-state index in [2.05, 4.69) is 9.55 Å². The van der Waals surface area contributed by atoms with E-state index in [1.807, 2.05) is 0 Å². The van der Waals surface area contributed by atoms with E-state index in [-0.39, 0.29) is 0 Å². The van der Waals surface area contributed by atoms with Crippen LogP contribution in [0.1, 0.15) is 34.9 Å². The highest BCUT2D eigenvalue weighted by molar-refractivity contribution is 5.92. The van der Waals surface area contributed by atoms with Gasteiger partial charge in [0, 0.05) is 19.6 Å². The molecule has 1 heterocycles. The van der Waals surface area contributed by atoms with Crippen molar-refractivity contribution >= 4 is 17.0 Å². The Morgan fingerprint density at radius 3 is 2.95 bits per heavy atom. The van der Waals surface area contributed by atoms with Crippen molar-refractivity contribution in [2.24, 2.45) is 0 Å². The number of nitrogens with zero attached hydrogens (tertiary/aromatic N) is 2. The van der Waals surface area contributed by atoms with Crippen LogP contribution < -0.4 is 0 Å². The van der Waals surface area contributed by atoms with Gasteiger partial charge in [-0.1, -0.05) is 0 Å². The summed E-state index contributed by atoms with van der Waals surface area (Å²) in [5.41, 5.74) is 2.05. The molecular formula is C14H16N2O3. The highest BCUT2D eigenvalue weighted by Gasteiger charge is 2.29. The van der Waals surface area contributed by atoms with E-state index < -0.39 is 5.97 Å². The number of aromatic nitrogens is 2. The van der Waals surface area contributed by atoms with Crippen molar-refractivity contribution in [3.8, 4) is 0 Å². The Balaban J connectivity index is 2.11. The maximum absolute atomic E-state index is 11.1. The van der Waals surface area contributed by atoms with Crippen LogP contribution in [-0.2, 0) is 11.3 Å². The molecule has 1 saturated carbocycles. The second-order valence-electron chi connectivity index (χ2n) is 4.90. The minimum absolute atomic E-state index is 0.299. The number of fused-ring (bicyclic) bond motifs is 1. The number of carbonyl (C=O) groups is 1. The van der Waals surface area contributed by atoms with Crippen molar-refractivity contribution in [2.45, 2.75) is 25.3 Å². The summed E-state index contributed by atoms with van der Waals surface area (Å²) in [6.45, 7) is 1.31. The fourth-order valence-corrected chi connectivity index (χ4v) is 2.35. The van der Waals surface area contributed by atoms with Crippen LogP contribution in [0, 0.1) is 0 Å². The summed E-state index contributed by atoms with van der Waals surface area (Å²) in [7, 11) is 1.67. The molecule has 2 aromatic rings. The van der Waals surface area contributed by atoms with E-state index >= 15 is 0 Å². The largest absolute Gasteiger partial charge is 0.478 e. The molecule has 3 rings (SSSR count). The minimum Gasteiger partial charge on any atom is -0.478 e. The Bertz CT molecular complexity index is 629. The molecule has 0 bridgehead atoms. The molecule has 1 N–H and O–H groups in total. The zero-order valence-electron chi connectivity index (χ0n) is 10.8. The van der Waals surface area contributed by atoms with E-state index in [4.69, 9.17) is 9.84 Å². The monoisotopic (exact) mass is 260 g/mol. The Hall–Kier alpha value is -1.88. The van der Waals surface area contributed by atoms with Gasteiger partial charge in [-0.25, -0.2) is 9.78 Å². The fraction of sp³-hybridized carbons (Fsp3) is 0.429. The standard InChI is InChI=1S/C14H16N2O3/c1-19-7-6-16-12-8-10(14(17)18)4-5-11(12)15-13(16)9-2-3-9/h4-5,8-9H,2-3,6-7H2,1H3,(H,17,18). The van der Waals surface area contributed by atoms with Crippen LogP contribution in [0.4, 0.5) is 0 Å². The van der Waals surface area contributed by atoms with E-state index in [1.54, 1.807) is 25.3 Å². The van der Waals surface area contributed by atoms with Gasteiger partial charge in [0.15, 0.2) is 0 Å². The summed E-state index contributed by atoms with van der Waals surface area (Å²) in [5, 5.41) is 9.09. The lowest BCUT2D eigenvalue weighted by atomic mass is 10.2. The lowest BCUT2D eigenvalue weighted by Crippen LogP contribution is -2.08. The predicted octanol–water partition coefficient (Wildman–Crippen LogP) is 2.26. The van der Waals surface area contributed by atoms with Gasteiger partial charge in [0.25, 0.3) is 0 Å². The molecule has 1 fully saturated rings. The Morgan fingerprint density at radius 1 is 1.53 bits per heavy atom. The lowest BCUT2D eigenvalue weighted by molar-refractivity contribution is 0.0697. The number of aromatic carboxylic acids is 1. The number of carboxylic acid groups (broad SMARTS) is 1. The Morgan fingerprint density at radius 2 is 2.32 bits per heavy atom. The summed E-state index contributed by atoms with van der Waals surface area (Å²) in [4.78, 5) is 15.7. The molecule has 5 heteroatoms. The average Bonchev–Trinajstić information content (AvgIpc) is 3.18. The summed E-state index contributed by atoms with van der Waals surface area (Å²) in [6, 6.07) is 5.09. The van der Waals surface area contributed by atoms with Crippen LogP contribution >= 0.6 is 0 Å². The van der Waals surface area contributed by atoms with Crippen molar-refractivity contribution in [2.75, 3.05) is 13.7 Å². The van der Waals surface area contributed by atoms with Gasteiger partial charge in [0.1, 0.15) is 5.82 Å². The van der Waals surface area contributed by atoms with E-state index in [0.717, 1.165) is 16.9 Å². The lowest BCUT2D eigenvalue weighted by Gasteiger charge is -2.08. The first-order chi connectivity index (χ1) is 9.20. The first kappa shape index (κ1) is 12.2. The third-order valence-electron chi connectivity index (χ3n) is 3.49. The first-order valence-electron chi connectivity index (χ1n) is 6.43. The molecule has 0 radical (unpaired) electrons. The maximum atomic E-state index is 11.1. The average molecular weight is 260 g/mol. The SMILES string of the molecule is COCCn1c(C2CC2)nc2ccc(C(=O)O)cc21. The molecular weight excluding hydrogens is 244 g/mol. The summed E-state index contributed by atoms with van der Waals surface area (Å²) in [5.74, 6) is 0.682. The van der Waals surface area contributed by atoms with Crippen LogP contribution in [0.15, 0.2) is 18.2 Å². The number of hydrogen-bond acceptors (Lipinski definition) is 3. The molecule has 1 aromatic carbocycles. The number of hydrogen-bond donors (Lipinski definition) is 1. The zero-order valence-corrected chi connectivity index (χ0v) is 10.8. The molecule has 1 aliphatic rings. The predicted molar refractivity (Wildman–Crippen MR) is 70.5 cm³/mol. The third kappa shape index (κ3) is 2.21. The van der Waals surface area contributed by atoms with Crippen molar-refractivity contribution in [1.82, 2.24) is 9.55 Å². The van der Waals surface area contributed by atoms with Crippen LogP contribution in [0.3, 0.4) is 0 Å². The van der Waals surface area contributed by atoms with Gasteiger partial charge in [-0.15, -0.1) is 0 Å². The molecule has 0 amide bonds. The summed E-state index contributed by atoms with van der Waals surface area (Å²) >= 11 is 0. The van der Waals surface area contributed by atoms with Gasteiger partial charge in [0.05, 0.1) is 23.2 Å². The highest BCUT2D eigenvalue weighted by atomic mass is 16.5. The second kappa shape index (κ2) is 4.66. The summed E-state index contributed by atoms with van der Waals surface area (Å²) < 4.78 is 7.23.